The number of benzene rings is 1. The van der Waals surface area contributed by atoms with E-state index in [1.54, 1.807) is 31.2 Å². The molecule has 2 rings (SSSR count). The maximum atomic E-state index is 12.3. The van der Waals surface area contributed by atoms with Gasteiger partial charge in [-0.15, -0.1) is 0 Å². The number of allylic oxidation sites excluding steroid dienone is 1. The molecular formula is C16H19NO3. The fourth-order valence-electron chi connectivity index (χ4n) is 2.42. The van der Waals surface area contributed by atoms with Gasteiger partial charge in [-0.3, -0.25) is 4.79 Å². The van der Waals surface area contributed by atoms with Crippen molar-refractivity contribution in [3.8, 4) is 0 Å². The minimum Gasteiger partial charge on any atom is -0.478 e. The highest BCUT2D eigenvalue weighted by atomic mass is 16.4. The fraction of sp³-hybridized carbons (Fsp3) is 0.375. The largest absolute Gasteiger partial charge is 0.478 e. The summed E-state index contributed by atoms with van der Waals surface area (Å²) in [5.41, 5.74) is 2.16. The van der Waals surface area contributed by atoms with Gasteiger partial charge in [0.25, 0.3) is 5.91 Å². The lowest BCUT2D eigenvalue weighted by molar-refractivity contribution is -0.131. The maximum absolute atomic E-state index is 12.3. The predicted molar refractivity (Wildman–Crippen MR) is 77.5 cm³/mol. The topological polar surface area (TPSA) is 57.6 Å². The third kappa shape index (κ3) is 3.47. The highest BCUT2D eigenvalue weighted by Gasteiger charge is 2.17. The van der Waals surface area contributed by atoms with Crippen molar-refractivity contribution in [1.29, 1.82) is 0 Å². The van der Waals surface area contributed by atoms with Crippen LogP contribution in [0.15, 0.2) is 30.3 Å². The molecule has 0 spiro atoms. The van der Waals surface area contributed by atoms with Gasteiger partial charge in [0.2, 0.25) is 0 Å². The maximum Gasteiger partial charge on any atom is 0.328 e. The summed E-state index contributed by atoms with van der Waals surface area (Å²) in [7, 11) is 0. The van der Waals surface area contributed by atoms with Crippen LogP contribution in [0.4, 0.5) is 0 Å². The van der Waals surface area contributed by atoms with Crippen LogP contribution in [0.2, 0.25) is 0 Å². The van der Waals surface area contributed by atoms with E-state index in [1.165, 1.54) is 12.5 Å². The van der Waals surface area contributed by atoms with Gasteiger partial charge in [-0.2, -0.15) is 0 Å². The standard InChI is InChI=1S/C16H19NO3/c1-12(11-15(18)19)13-5-7-14(8-6-13)16(20)17-9-3-2-4-10-17/h5-8,11H,2-4,9-10H2,1H3,(H,18,19)/b12-11+. The number of rotatable bonds is 3. The van der Waals surface area contributed by atoms with Crippen LogP contribution >= 0.6 is 0 Å². The van der Waals surface area contributed by atoms with Crippen molar-refractivity contribution >= 4 is 17.4 Å². The molecule has 4 nitrogen and oxygen atoms in total. The summed E-state index contributed by atoms with van der Waals surface area (Å²) in [6.07, 6.45) is 4.51. The molecule has 20 heavy (non-hydrogen) atoms. The first-order chi connectivity index (χ1) is 9.58. The second-order valence-electron chi connectivity index (χ2n) is 5.10. The third-order valence-electron chi connectivity index (χ3n) is 3.57. The van der Waals surface area contributed by atoms with Crippen LogP contribution in [0.25, 0.3) is 5.57 Å². The molecule has 0 aromatic heterocycles. The van der Waals surface area contributed by atoms with E-state index in [0.717, 1.165) is 31.5 Å². The number of likely N-dealkylation sites (tertiary alicyclic amines) is 1. The van der Waals surface area contributed by atoms with Crippen LogP contribution in [0.1, 0.15) is 42.1 Å². The van der Waals surface area contributed by atoms with Crippen molar-refractivity contribution in [1.82, 2.24) is 4.90 Å². The van der Waals surface area contributed by atoms with Gasteiger partial charge in [0, 0.05) is 24.7 Å². The average molecular weight is 273 g/mol. The van der Waals surface area contributed by atoms with Crippen molar-refractivity contribution in [2.75, 3.05) is 13.1 Å². The van der Waals surface area contributed by atoms with E-state index in [4.69, 9.17) is 5.11 Å². The second kappa shape index (κ2) is 6.37. The Morgan fingerprint density at radius 1 is 1.05 bits per heavy atom. The monoisotopic (exact) mass is 273 g/mol. The zero-order valence-corrected chi connectivity index (χ0v) is 11.6. The Hall–Kier alpha value is -2.10. The Balaban J connectivity index is 2.11. The van der Waals surface area contributed by atoms with Gasteiger partial charge in [-0.25, -0.2) is 4.79 Å². The molecule has 106 valence electrons. The molecular weight excluding hydrogens is 254 g/mol. The molecule has 1 fully saturated rings. The Morgan fingerprint density at radius 2 is 1.60 bits per heavy atom. The Kier molecular flexibility index (Phi) is 4.56. The Bertz CT molecular complexity index is 525. The summed E-state index contributed by atoms with van der Waals surface area (Å²) in [5.74, 6) is -0.896. The SMILES string of the molecule is C/C(=C\C(=O)O)c1ccc(C(=O)N2CCCCC2)cc1. The number of hydrogen-bond donors (Lipinski definition) is 1. The van der Waals surface area contributed by atoms with Crippen LogP contribution < -0.4 is 0 Å². The van der Waals surface area contributed by atoms with Crippen molar-refractivity contribution in [2.24, 2.45) is 0 Å². The number of hydrogen-bond acceptors (Lipinski definition) is 2. The van der Waals surface area contributed by atoms with E-state index in [1.807, 2.05) is 4.90 Å². The molecule has 0 aliphatic carbocycles. The van der Waals surface area contributed by atoms with Crippen LogP contribution in [0, 0.1) is 0 Å². The van der Waals surface area contributed by atoms with E-state index in [-0.39, 0.29) is 5.91 Å². The molecule has 1 saturated heterocycles. The Morgan fingerprint density at radius 3 is 2.15 bits per heavy atom. The summed E-state index contributed by atoms with van der Waals surface area (Å²) < 4.78 is 0. The highest BCUT2D eigenvalue weighted by molar-refractivity contribution is 5.95. The van der Waals surface area contributed by atoms with Gasteiger partial charge in [-0.1, -0.05) is 12.1 Å². The van der Waals surface area contributed by atoms with Crippen molar-refractivity contribution in [3.05, 3.63) is 41.5 Å². The lowest BCUT2D eigenvalue weighted by atomic mass is 10.0. The first kappa shape index (κ1) is 14.3. The quantitative estimate of drug-likeness (QED) is 0.861. The smallest absolute Gasteiger partial charge is 0.328 e. The zero-order valence-electron chi connectivity index (χ0n) is 11.6. The van der Waals surface area contributed by atoms with Gasteiger partial charge < -0.3 is 10.0 Å². The second-order valence-corrected chi connectivity index (χ2v) is 5.10. The molecule has 4 heteroatoms. The number of carbonyl (C=O) groups is 2. The molecule has 1 aromatic rings. The fourth-order valence-corrected chi connectivity index (χ4v) is 2.42. The molecule has 0 radical (unpaired) electrons. The summed E-state index contributed by atoms with van der Waals surface area (Å²) >= 11 is 0. The Labute approximate surface area is 118 Å². The lowest BCUT2D eigenvalue weighted by Crippen LogP contribution is -2.35. The normalized spacial score (nSPS) is 16.1. The first-order valence-corrected chi connectivity index (χ1v) is 6.89. The van der Waals surface area contributed by atoms with Gasteiger partial charge in [0.1, 0.15) is 0 Å². The average Bonchev–Trinajstić information content (AvgIpc) is 2.47. The van der Waals surface area contributed by atoms with Crippen molar-refractivity contribution < 1.29 is 14.7 Å². The summed E-state index contributed by atoms with van der Waals surface area (Å²) in [4.78, 5) is 24.8. The molecule has 1 aliphatic rings. The molecule has 0 saturated carbocycles. The number of amides is 1. The van der Waals surface area contributed by atoms with E-state index < -0.39 is 5.97 Å². The molecule has 0 unspecified atom stereocenters. The van der Waals surface area contributed by atoms with E-state index in [9.17, 15) is 9.59 Å². The van der Waals surface area contributed by atoms with Gasteiger partial charge in [0.05, 0.1) is 0 Å². The van der Waals surface area contributed by atoms with E-state index >= 15 is 0 Å². The third-order valence-corrected chi connectivity index (χ3v) is 3.57. The first-order valence-electron chi connectivity index (χ1n) is 6.89. The number of carboxylic acids is 1. The molecule has 1 N–H and O–H groups in total. The summed E-state index contributed by atoms with van der Waals surface area (Å²) in [5, 5.41) is 8.72. The molecule has 1 aromatic carbocycles. The van der Waals surface area contributed by atoms with Crippen LogP contribution in [0.3, 0.4) is 0 Å². The van der Waals surface area contributed by atoms with Crippen LogP contribution in [-0.4, -0.2) is 35.0 Å². The van der Waals surface area contributed by atoms with E-state index in [2.05, 4.69) is 0 Å². The minimum atomic E-state index is -0.962. The minimum absolute atomic E-state index is 0.0658. The van der Waals surface area contributed by atoms with Crippen LogP contribution in [0.5, 0.6) is 0 Å². The number of nitrogens with zero attached hydrogens (tertiary/aromatic N) is 1. The van der Waals surface area contributed by atoms with E-state index in [0.29, 0.717) is 11.1 Å². The van der Waals surface area contributed by atoms with Crippen LogP contribution in [-0.2, 0) is 4.79 Å². The molecule has 1 heterocycles. The molecule has 0 atom stereocenters. The van der Waals surface area contributed by atoms with Gasteiger partial charge in [0.15, 0.2) is 0 Å². The number of piperidine rings is 1. The summed E-state index contributed by atoms with van der Waals surface area (Å²) in [6.45, 7) is 3.41. The predicted octanol–water partition coefficient (Wildman–Crippen LogP) is 2.80. The van der Waals surface area contributed by atoms with Crippen molar-refractivity contribution in [2.45, 2.75) is 26.2 Å². The van der Waals surface area contributed by atoms with Crippen molar-refractivity contribution in [3.63, 3.8) is 0 Å². The molecule has 1 amide bonds. The van der Waals surface area contributed by atoms with Gasteiger partial charge >= 0.3 is 5.97 Å². The molecule has 1 aliphatic heterocycles. The lowest BCUT2D eigenvalue weighted by Gasteiger charge is -2.26. The zero-order chi connectivity index (χ0) is 14.5. The highest BCUT2D eigenvalue weighted by Crippen LogP contribution is 2.17. The molecule has 0 bridgehead atoms. The van der Waals surface area contributed by atoms with Gasteiger partial charge in [-0.05, 0) is 49.5 Å². The number of carbonyl (C=O) groups excluding carboxylic acids is 1. The number of carboxylic acid groups (broad SMARTS) is 1. The number of aliphatic carboxylic acids is 1. The summed E-state index contributed by atoms with van der Waals surface area (Å²) in [6, 6.07) is 7.13.